The summed E-state index contributed by atoms with van der Waals surface area (Å²) >= 11 is 0. The van der Waals surface area contributed by atoms with Gasteiger partial charge in [-0.25, -0.2) is 0 Å². The van der Waals surface area contributed by atoms with Gasteiger partial charge >= 0.3 is 0 Å². The molecule has 104 valence electrons. The predicted octanol–water partition coefficient (Wildman–Crippen LogP) is 0.885. The number of aromatic nitrogens is 2. The third-order valence-electron chi connectivity index (χ3n) is 2.92. The van der Waals surface area contributed by atoms with Crippen molar-refractivity contribution in [3.05, 3.63) is 36.2 Å². The number of carbonyl (C=O) groups excluding carboxylic acids is 1. The summed E-state index contributed by atoms with van der Waals surface area (Å²) in [5.41, 5.74) is 7.31. The number of nitrogens with zero attached hydrogens (tertiary/aromatic N) is 3. The van der Waals surface area contributed by atoms with Gasteiger partial charge in [0.1, 0.15) is 0 Å². The summed E-state index contributed by atoms with van der Waals surface area (Å²) < 4.78 is 0. The van der Waals surface area contributed by atoms with E-state index in [0.29, 0.717) is 23.0 Å². The van der Waals surface area contributed by atoms with Crippen molar-refractivity contribution >= 4 is 22.8 Å². The first-order valence-electron chi connectivity index (χ1n) is 6.14. The number of benzene rings is 1. The molecule has 0 aliphatic rings. The molecule has 0 radical (unpaired) electrons. The number of oxime groups is 1. The minimum absolute atomic E-state index is 0.0265. The normalized spacial score (nSPS) is 13.2. The summed E-state index contributed by atoms with van der Waals surface area (Å²) in [6.45, 7) is 1.83. The van der Waals surface area contributed by atoms with Gasteiger partial charge in [-0.05, 0) is 24.6 Å². The Morgan fingerprint density at radius 3 is 2.75 bits per heavy atom. The minimum atomic E-state index is -0.509. The van der Waals surface area contributed by atoms with Crippen molar-refractivity contribution in [3.8, 4) is 0 Å². The molecule has 0 spiro atoms. The van der Waals surface area contributed by atoms with Gasteiger partial charge in [0, 0.05) is 18.0 Å². The van der Waals surface area contributed by atoms with E-state index in [1.807, 2.05) is 6.92 Å². The molecule has 1 atom stereocenters. The van der Waals surface area contributed by atoms with Crippen molar-refractivity contribution in [2.75, 3.05) is 0 Å². The van der Waals surface area contributed by atoms with Gasteiger partial charge in [-0.3, -0.25) is 14.8 Å². The Labute approximate surface area is 115 Å². The van der Waals surface area contributed by atoms with E-state index in [1.165, 1.54) is 0 Å². The van der Waals surface area contributed by atoms with Crippen LogP contribution in [0, 0.1) is 0 Å². The average molecular weight is 273 g/mol. The lowest BCUT2D eigenvalue weighted by Gasteiger charge is -2.15. The highest BCUT2D eigenvalue weighted by Crippen LogP contribution is 2.11. The maximum atomic E-state index is 12.1. The molecule has 0 aliphatic carbocycles. The summed E-state index contributed by atoms with van der Waals surface area (Å²) in [5, 5.41) is 14.3. The van der Waals surface area contributed by atoms with Crippen LogP contribution in [0.3, 0.4) is 0 Å². The molecule has 2 aromatic rings. The number of amides is 1. The summed E-state index contributed by atoms with van der Waals surface area (Å²) in [4.78, 5) is 20.4. The molecular weight excluding hydrogens is 258 g/mol. The molecule has 0 saturated carbocycles. The number of nitrogens with two attached hydrogens (primary N) is 1. The number of nitrogens with one attached hydrogen (secondary N) is 1. The number of hydrogen-bond donors (Lipinski definition) is 3. The second kappa shape index (κ2) is 5.96. The Bertz CT molecular complexity index is 656. The molecule has 1 aromatic carbocycles. The summed E-state index contributed by atoms with van der Waals surface area (Å²) in [7, 11) is 0. The molecular formula is C13H15N5O2. The highest BCUT2D eigenvalue weighted by Gasteiger charge is 2.16. The fourth-order valence-electron chi connectivity index (χ4n) is 1.80. The van der Waals surface area contributed by atoms with Crippen LogP contribution in [0.25, 0.3) is 11.0 Å². The number of rotatable bonds is 4. The standard InChI is InChI=1S/C13H15N5O2/c1-2-9(12(14)18-20)17-13(19)8-3-4-10-11(7-8)16-6-5-15-10/h3-7,9,20H,2H2,1H3,(H2,14,18)(H,17,19). The van der Waals surface area contributed by atoms with Gasteiger partial charge in [0.05, 0.1) is 17.1 Å². The molecule has 1 heterocycles. The van der Waals surface area contributed by atoms with E-state index in [9.17, 15) is 4.79 Å². The van der Waals surface area contributed by atoms with Gasteiger partial charge in [0.2, 0.25) is 0 Å². The van der Waals surface area contributed by atoms with E-state index in [-0.39, 0.29) is 11.7 Å². The van der Waals surface area contributed by atoms with Crippen molar-refractivity contribution in [2.24, 2.45) is 10.9 Å². The number of carbonyl (C=O) groups is 1. The molecule has 1 aromatic heterocycles. The second-order valence-corrected chi connectivity index (χ2v) is 4.22. The van der Waals surface area contributed by atoms with Crippen LogP contribution in [0.5, 0.6) is 0 Å². The summed E-state index contributed by atoms with van der Waals surface area (Å²) in [5.74, 6) is -0.336. The van der Waals surface area contributed by atoms with E-state index >= 15 is 0 Å². The van der Waals surface area contributed by atoms with Crippen LogP contribution < -0.4 is 11.1 Å². The van der Waals surface area contributed by atoms with Crippen molar-refractivity contribution in [1.29, 1.82) is 0 Å². The molecule has 1 unspecified atom stereocenters. The Kier molecular flexibility index (Phi) is 4.09. The van der Waals surface area contributed by atoms with Gasteiger partial charge in [-0.2, -0.15) is 0 Å². The molecule has 1 amide bonds. The van der Waals surface area contributed by atoms with E-state index in [0.717, 1.165) is 0 Å². The zero-order valence-corrected chi connectivity index (χ0v) is 10.9. The molecule has 4 N–H and O–H groups in total. The maximum Gasteiger partial charge on any atom is 0.251 e. The second-order valence-electron chi connectivity index (χ2n) is 4.22. The molecule has 7 heteroatoms. The smallest absolute Gasteiger partial charge is 0.251 e. The zero-order chi connectivity index (χ0) is 14.5. The van der Waals surface area contributed by atoms with Gasteiger partial charge in [-0.15, -0.1) is 0 Å². The summed E-state index contributed by atoms with van der Waals surface area (Å²) in [6, 6.07) is 4.52. The van der Waals surface area contributed by atoms with Crippen LogP contribution in [0.1, 0.15) is 23.7 Å². The Morgan fingerprint density at radius 2 is 2.10 bits per heavy atom. The molecule has 20 heavy (non-hydrogen) atoms. The highest BCUT2D eigenvalue weighted by molar-refractivity contribution is 6.00. The number of hydrogen-bond acceptors (Lipinski definition) is 5. The third-order valence-corrected chi connectivity index (χ3v) is 2.92. The third kappa shape index (κ3) is 2.82. The van der Waals surface area contributed by atoms with Crippen molar-refractivity contribution in [2.45, 2.75) is 19.4 Å². The molecule has 0 bridgehead atoms. The predicted molar refractivity (Wildman–Crippen MR) is 74.5 cm³/mol. The van der Waals surface area contributed by atoms with E-state index in [4.69, 9.17) is 10.9 Å². The van der Waals surface area contributed by atoms with Gasteiger partial charge < -0.3 is 16.3 Å². The van der Waals surface area contributed by atoms with Gasteiger partial charge in [0.25, 0.3) is 5.91 Å². The summed E-state index contributed by atoms with van der Waals surface area (Å²) in [6.07, 6.45) is 3.68. The van der Waals surface area contributed by atoms with E-state index in [1.54, 1.807) is 30.6 Å². The number of amidine groups is 1. The van der Waals surface area contributed by atoms with Crippen molar-refractivity contribution in [1.82, 2.24) is 15.3 Å². The Balaban J connectivity index is 2.22. The fourth-order valence-corrected chi connectivity index (χ4v) is 1.80. The molecule has 0 fully saturated rings. The molecule has 0 saturated heterocycles. The lowest BCUT2D eigenvalue weighted by Crippen LogP contribution is -2.44. The van der Waals surface area contributed by atoms with Crippen LogP contribution in [-0.2, 0) is 0 Å². The maximum absolute atomic E-state index is 12.1. The topological polar surface area (TPSA) is 113 Å². The van der Waals surface area contributed by atoms with Crippen LogP contribution in [0.2, 0.25) is 0 Å². The zero-order valence-electron chi connectivity index (χ0n) is 10.9. The lowest BCUT2D eigenvalue weighted by molar-refractivity contribution is 0.0945. The first kappa shape index (κ1) is 13.7. The van der Waals surface area contributed by atoms with Crippen LogP contribution in [-0.4, -0.2) is 33.0 Å². The fraction of sp³-hybridized carbons (Fsp3) is 0.231. The molecule has 2 rings (SSSR count). The SMILES string of the molecule is CCC(NC(=O)c1ccc2nccnc2c1)C(N)=NO. The minimum Gasteiger partial charge on any atom is -0.409 e. The van der Waals surface area contributed by atoms with Crippen molar-refractivity contribution in [3.63, 3.8) is 0 Å². The van der Waals surface area contributed by atoms with Crippen LogP contribution >= 0.6 is 0 Å². The average Bonchev–Trinajstić information content (AvgIpc) is 2.51. The van der Waals surface area contributed by atoms with E-state index in [2.05, 4.69) is 20.4 Å². The van der Waals surface area contributed by atoms with Crippen molar-refractivity contribution < 1.29 is 10.0 Å². The monoisotopic (exact) mass is 273 g/mol. The quantitative estimate of drug-likeness (QED) is 0.331. The first-order valence-corrected chi connectivity index (χ1v) is 6.14. The van der Waals surface area contributed by atoms with Gasteiger partial charge in [-0.1, -0.05) is 12.1 Å². The Hall–Kier alpha value is -2.70. The van der Waals surface area contributed by atoms with Crippen LogP contribution in [0.15, 0.2) is 35.7 Å². The highest BCUT2D eigenvalue weighted by atomic mass is 16.4. The van der Waals surface area contributed by atoms with Gasteiger partial charge in [0.15, 0.2) is 5.84 Å². The molecule has 7 nitrogen and oxygen atoms in total. The first-order chi connectivity index (χ1) is 9.65. The number of fused-ring (bicyclic) bond motifs is 1. The van der Waals surface area contributed by atoms with Crippen LogP contribution in [0.4, 0.5) is 0 Å². The largest absolute Gasteiger partial charge is 0.409 e. The van der Waals surface area contributed by atoms with E-state index < -0.39 is 6.04 Å². The molecule has 0 aliphatic heterocycles. The lowest BCUT2D eigenvalue weighted by atomic mass is 10.1. The Morgan fingerprint density at radius 1 is 1.40 bits per heavy atom.